The Labute approximate surface area is 128 Å². The van der Waals surface area contributed by atoms with Crippen LogP contribution in [0.2, 0.25) is 5.02 Å². The number of carbonyl (C=O) groups excluding carboxylic acids is 1. The maximum absolute atomic E-state index is 12.1. The molecule has 0 saturated carbocycles. The van der Waals surface area contributed by atoms with E-state index in [0.717, 1.165) is 5.56 Å². The number of anilines is 1. The Hall–Kier alpha value is -2.20. The molecule has 5 heteroatoms. The molecule has 110 valence electrons. The first kappa shape index (κ1) is 15.2. The van der Waals surface area contributed by atoms with Crippen LogP contribution in [0.15, 0.2) is 42.5 Å². The van der Waals surface area contributed by atoms with Crippen molar-refractivity contribution in [2.75, 3.05) is 5.32 Å². The normalized spacial score (nSPS) is 11.8. The molecule has 0 bridgehead atoms. The van der Waals surface area contributed by atoms with E-state index in [1.54, 1.807) is 37.3 Å². The highest BCUT2D eigenvalue weighted by atomic mass is 35.5. The van der Waals surface area contributed by atoms with Crippen LogP contribution in [0.3, 0.4) is 0 Å². The number of phenols is 1. The number of carbonyl (C=O) groups is 1. The van der Waals surface area contributed by atoms with Crippen LogP contribution in [-0.4, -0.2) is 17.1 Å². The van der Waals surface area contributed by atoms with E-state index in [0.29, 0.717) is 16.5 Å². The summed E-state index contributed by atoms with van der Waals surface area (Å²) >= 11 is 5.88. The van der Waals surface area contributed by atoms with Crippen LogP contribution >= 0.6 is 11.6 Å². The number of nitrogens with one attached hydrogen (secondary N) is 1. The van der Waals surface area contributed by atoms with E-state index in [2.05, 4.69) is 5.32 Å². The van der Waals surface area contributed by atoms with Crippen molar-refractivity contribution < 1.29 is 14.6 Å². The van der Waals surface area contributed by atoms with Gasteiger partial charge < -0.3 is 15.2 Å². The van der Waals surface area contributed by atoms with Crippen molar-refractivity contribution in [2.45, 2.75) is 20.0 Å². The Morgan fingerprint density at radius 1 is 1.29 bits per heavy atom. The molecular formula is C16H16ClNO3. The summed E-state index contributed by atoms with van der Waals surface area (Å²) in [6, 6.07) is 11.6. The van der Waals surface area contributed by atoms with Crippen molar-refractivity contribution in [3.63, 3.8) is 0 Å². The Morgan fingerprint density at radius 2 is 2.05 bits per heavy atom. The third kappa shape index (κ3) is 4.13. The van der Waals surface area contributed by atoms with Gasteiger partial charge >= 0.3 is 0 Å². The SMILES string of the molecule is Cc1cc(Cl)ccc1OC(C)C(=O)Nc1cccc(O)c1. The first-order valence-electron chi connectivity index (χ1n) is 6.48. The molecule has 2 N–H and O–H groups in total. The van der Waals surface area contributed by atoms with Crippen LogP contribution < -0.4 is 10.1 Å². The lowest BCUT2D eigenvalue weighted by Crippen LogP contribution is -2.30. The maximum Gasteiger partial charge on any atom is 0.265 e. The average Bonchev–Trinajstić information content (AvgIpc) is 2.41. The average molecular weight is 306 g/mol. The molecule has 1 unspecified atom stereocenters. The van der Waals surface area contributed by atoms with Gasteiger partial charge in [0.25, 0.3) is 5.91 Å². The molecule has 4 nitrogen and oxygen atoms in total. The Bertz CT molecular complexity index is 658. The number of hydrogen-bond acceptors (Lipinski definition) is 3. The van der Waals surface area contributed by atoms with Gasteiger partial charge in [-0.2, -0.15) is 0 Å². The fraction of sp³-hybridized carbons (Fsp3) is 0.188. The smallest absolute Gasteiger partial charge is 0.265 e. The fourth-order valence-electron chi connectivity index (χ4n) is 1.82. The van der Waals surface area contributed by atoms with Gasteiger partial charge in [0.15, 0.2) is 6.10 Å². The predicted molar refractivity (Wildman–Crippen MR) is 83.0 cm³/mol. The van der Waals surface area contributed by atoms with Gasteiger partial charge in [0.05, 0.1) is 0 Å². The van der Waals surface area contributed by atoms with Gasteiger partial charge in [0, 0.05) is 16.8 Å². The summed E-state index contributed by atoms with van der Waals surface area (Å²) < 4.78 is 5.63. The molecule has 2 aromatic rings. The minimum Gasteiger partial charge on any atom is -0.508 e. The standard InChI is InChI=1S/C16H16ClNO3/c1-10-8-12(17)6-7-15(10)21-11(2)16(20)18-13-4-3-5-14(19)9-13/h3-9,11,19H,1-2H3,(H,18,20). The third-order valence-electron chi connectivity index (χ3n) is 2.92. The predicted octanol–water partition coefficient (Wildman–Crippen LogP) is 3.76. The van der Waals surface area contributed by atoms with Gasteiger partial charge in [-0.15, -0.1) is 0 Å². The van der Waals surface area contributed by atoms with Crippen LogP contribution in [0.25, 0.3) is 0 Å². The number of aromatic hydroxyl groups is 1. The minimum absolute atomic E-state index is 0.0925. The summed E-state index contributed by atoms with van der Waals surface area (Å²) in [7, 11) is 0. The highest BCUT2D eigenvalue weighted by Gasteiger charge is 2.16. The van der Waals surface area contributed by atoms with Gasteiger partial charge in [-0.25, -0.2) is 0 Å². The summed E-state index contributed by atoms with van der Waals surface area (Å²) in [5.41, 5.74) is 1.38. The molecule has 0 aliphatic rings. The van der Waals surface area contributed by atoms with Gasteiger partial charge in [0.2, 0.25) is 0 Å². The molecule has 0 radical (unpaired) electrons. The summed E-state index contributed by atoms with van der Waals surface area (Å²) in [4.78, 5) is 12.1. The monoisotopic (exact) mass is 305 g/mol. The number of ether oxygens (including phenoxy) is 1. The first-order valence-corrected chi connectivity index (χ1v) is 6.86. The van der Waals surface area contributed by atoms with E-state index in [4.69, 9.17) is 16.3 Å². The molecule has 0 heterocycles. The lowest BCUT2D eigenvalue weighted by atomic mass is 10.2. The summed E-state index contributed by atoms with van der Waals surface area (Å²) in [5, 5.41) is 12.7. The zero-order valence-electron chi connectivity index (χ0n) is 11.8. The number of halogens is 1. The van der Waals surface area contributed by atoms with E-state index in [9.17, 15) is 9.90 Å². The van der Waals surface area contributed by atoms with Crippen molar-refractivity contribution in [1.82, 2.24) is 0 Å². The van der Waals surface area contributed by atoms with E-state index in [1.165, 1.54) is 12.1 Å². The van der Waals surface area contributed by atoms with Gasteiger partial charge in [-0.1, -0.05) is 17.7 Å². The quantitative estimate of drug-likeness (QED) is 0.904. The number of phenolic OH excluding ortho intramolecular Hbond substituents is 1. The lowest BCUT2D eigenvalue weighted by Gasteiger charge is -2.16. The number of benzene rings is 2. The van der Waals surface area contributed by atoms with E-state index >= 15 is 0 Å². The second-order valence-corrected chi connectivity index (χ2v) is 5.15. The maximum atomic E-state index is 12.1. The second-order valence-electron chi connectivity index (χ2n) is 4.71. The molecule has 2 aromatic carbocycles. The van der Waals surface area contributed by atoms with Crippen molar-refractivity contribution >= 4 is 23.2 Å². The van der Waals surface area contributed by atoms with Crippen molar-refractivity contribution in [2.24, 2.45) is 0 Å². The van der Waals surface area contributed by atoms with Gasteiger partial charge in [-0.05, 0) is 49.7 Å². The second kappa shape index (κ2) is 6.50. The zero-order chi connectivity index (χ0) is 15.4. The molecule has 0 spiro atoms. The van der Waals surface area contributed by atoms with Crippen molar-refractivity contribution in [3.8, 4) is 11.5 Å². The molecule has 1 atom stereocenters. The van der Waals surface area contributed by atoms with Gasteiger partial charge in [0.1, 0.15) is 11.5 Å². The van der Waals surface area contributed by atoms with Crippen LogP contribution in [-0.2, 0) is 4.79 Å². The van der Waals surface area contributed by atoms with Crippen LogP contribution in [0, 0.1) is 6.92 Å². The zero-order valence-corrected chi connectivity index (χ0v) is 12.5. The first-order chi connectivity index (χ1) is 9.95. The molecule has 21 heavy (non-hydrogen) atoms. The molecule has 0 aliphatic carbocycles. The van der Waals surface area contributed by atoms with Crippen molar-refractivity contribution in [1.29, 1.82) is 0 Å². The molecule has 0 fully saturated rings. The number of hydrogen-bond donors (Lipinski definition) is 2. The van der Waals surface area contributed by atoms with Crippen LogP contribution in [0.4, 0.5) is 5.69 Å². The molecule has 0 saturated heterocycles. The van der Waals surface area contributed by atoms with E-state index < -0.39 is 6.10 Å². The highest BCUT2D eigenvalue weighted by molar-refractivity contribution is 6.30. The number of amides is 1. The third-order valence-corrected chi connectivity index (χ3v) is 3.16. The van der Waals surface area contributed by atoms with Crippen molar-refractivity contribution in [3.05, 3.63) is 53.1 Å². The van der Waals surface area contributed by atoms with E-state index in [1.807, 2.05) is 6.92 Å². The Balaban J connectivity index is 2.02. The molecule has 0 aromatic heterocycles. The topological polar surface area (TPSA) is 58.6 Å². The number of aryl methyl sites for hydroxylation is 1. The molecule has 0 aliphatic heterocycles. The summed E-state index contributed by atoms with van der Waals surface area (Å²) in [5.74, 6) is 0.405. The van der Waals surface area contributed by atoms with Gasteiger partial charge in [-0.3, -0.25) is 4.79 Å². The largest absolute Gasteiger partial charge is 0.508 e. The highest BCUT2D eigenvalue weighted by Crippen LogP contribution is 2.23. The minimum atomic E-state index is -0.674. The Kier molecular flexibility index (Phi) is 4.70. The lowest BCUT2D eigenvalue weighted by molar-refractivity contribution is -0.122. The summed E-state index contributed by atoms with van der Waals surface area (Å²) in [6.45, 7) is 3.52. The van der Waals surface area contributed by atoms with Crippen LogP contribution in [0.5, 0.6) is 11.5 Å². The van der Waals surface area contributed by atoms with E-state index in [-0.39, 0.29) is 11.7 Å². The Morgan fingerprint density at radius 3 is 2.71 bits per heavy atom. The molecule has 2 rings (SSSR count). The van der Waals surface area contributed by atoms with Crippen LogP contribution in [0.1, 0.15) is 12.5 Å². The molecular weight excluding hydrogens is 290 g/mol. The fourth-order valence-corrected chi connectivity index (χ4v) is 2.04. The molecule has 1 amide bonds. The number of rotatable bonds is 4. The summed E-state index contributed by atoms with van der Waals surface area (Å²) in [6.07, 6.45) is -0.674.